The fourth-order valence-electron chi connectivity index (χ4n) is 0.822. The number of ketones is 1. The summed E-state index contributed by atoms with van der Waals surface area (Å²) >= 11 is 16.8. The van der Waals surface area contributed by atoms with Gasteiger partial charge >= 0.3 is 0 Å². The third-order valence-electron chi connectivity index (χ3n) is 1.52. The maximum Gasteiger partial charge on any atom is 0.177 e. The first-order chi connectivity index (χ1) is 6.06. The highest BCUT2D eigenvalue weighted by molar-refractivity contribution is 6.40. The molecule has 0 amide bonds. The standard InChI is InChI=1S/C8H6Cl3NO/c9-3-7(13)4-1-5(10)8(12)6(11)2-4/h1-2H,3,12H2. The van der Waals surface area contributed by atoms with E-state index >= 15 is 0 Å². The first kappa shape index (κ1) is 10.6. The Morgan fingerprint density at radius 2 is 1.77 bits per heavy atom. The number of Topliss-reactive ketones (excluding diaryl/α,β-unsaturated/α-hetero) is 1. The normalized spacial score (nSPS) is 10.1. The van der Waals surface area contributed by atoms with Crippen molar-refractivity contribution >= 4 is 46.3 Å². The SMILES string of the molecule is Nc1c(Cl)cc(C(=O)CCl)cc1Cl. The fourth-order valence-corrected chi connectivity index (χ4v) is 1.46. The number of anilines is 1. The molecule has 5 heteroatoms. The molecule has 0 heterocycles. The molecule has 0 spiro atoms. The Bertz CT molecular complexity index is 328. The van der Waals surface area contributed by atoms with Crippen LogP contribution in [0, 0.1) is 0 Å². The predicted octanol–water partition coefficient (Wildman–Crippen LogP) is 3.00. The van der Waals surface area contributed by atoms with Crippen LogP contribution in [0.15, 0.2) is 12.1 Å². The monoisotopic (exact) mass is 237 g/mol. The van der Waals surface area contributed by atoms with Gasteiger partial charge in [0.05, 0.1) is 21.6 Å². The van der Waals surface area contributed by atoms with Gasteiger partial charge in [0.15, 0.2) is 5.78 Å². The number of nitrogens with two attached hydrogens (primary N) is 1. The third kappa shape index (κ3) is 2.27. The molecule has 0 radical (unpaired) electrons. The molecule has 1 aromatic rings. The van der Waals surface area contributed by atoms with Gasteiger partial charge in [0.1, 0.15) is 0 Å². The van der Waals surface area contributed by atoms with Crippen molar-refractivity contribution in [2.45, 2.75) is 0 Å². The molecule has 0 aliphatic heterocycles. The van der Waals surface area contributed by atoms with Crippen LogP contribution in [0.5, 0.6) is 0 Å². The van der Waals surface area contributed by atoms with E-state index in [1.165, 1.54) is 12.1 Å². The number of benzene rings is 1. The molecule has 0 aromatic heterocycles. The molecule has 70 valence electrons. The second kappa shape index (κ2) is 4.18. The smallest absolute Gasteiger partial charge is 0.177 e. The first-order valence-corrected chi connectivity index (χ1v) is 4.69. The van der Waals surface area contributed by atoms with Gasteiger partial charge in [0.2, 0.25) is 0 Å². The summed E-state index contributed by atoms with van der Waals surface area (Å²) in [5.74, 6) is -0.332. The second-order valence-corrected chi connectivity index (χ2v) is 3.49. The van der Waals surface area contributed by atoms with Crippen LogP contribution in [0.2, 0.25) is 10.0 Å². The number of hydrogen-bond donors (Lipinski definition) is 1. The van der Waals surface area contributed by atoms with Crippen molar-refractivity contribution in [1.29, 1.82) is 0 Å². The van der Waals surface area contributed by atoms with E-state index in [1.807, 2.05) is 0 Å². The number of hydrogen-bond acceptors (Lipinski definition) is 2. The molecule has 13 heavy (non-hydrogen) atoms. The average Bonchev–Trinajstić information content (AvgIpc) is 2.12. The lowest BCUT2D eigenvalue weighted by atomic mass is 10.1. The Labute approximate surface area is 90.6 Å². The molecule has 0 aliphatic rings. The zero-order valence-corrected chi connectivity index (χ0v) is 8.75. The Hall–Kier alpha value is -0.440. The van der Waals surface area contributed by atoms with Crippen molar-refractivity contribution in [2.24, 2.45) is 0 Å². The molecule has 0 unspecified atom stereocenters. The van der Waals surface area contributed by atoms with Gasteiger partial charge in [-0.25, -0.2) is 0 Å². The van der Waals surface area contributed by atoms with E-state index in [2.05, 4.69) is 0 Å². The summed E-state index contributed by atoms with van der Waals surface area (Å²) in [7, 11) is 0. The largest absolute Gasteiger partial charge is 0.396 e. The topological polar surface area (TPSA) is 43.1 Å². The third-order valence-corrected chi connectivity index (χ3v) is 2.39. The maximum absolute atomic E-state index is 11.1. The molecule has 0 atom stereocenters. The van der Waals surface area contributed by atoms with E-state index in [0.29, 0.717) is 5.56 Å². The van der Waals surface area contributed by atoms with Crippen LogP contribution in [-0.2, 0) is 0 Å². The van der Waals surface area contributed by atoms with Gasteiger partial charge in [-0.1, -0.05) is 23.2 Å². The number of rotatable bonds is 2. The summed E-state index contributed by atoms with van der Waals surface area (Å²) in [6.07, 6.45) is 0. The molecule has 1 aromatic carbocycles. The van der Waals surface area contributed by atoms with Crippen molar-refractivity contribution in [3.05, 3.63) is 27.7 Å². The minimum Gasteiger partial charge on any atom is -0.396 e. The lowest BCUT2D eigenvalue weighted by Crippen LogP contribution is -2.01. The average molecular weight is 239 g/mol. The molecule has 2 N–H and O–H groups in total. The molecular weight excluding hydrogens is 232 g/mol. The molecular formula is C8H6Cl3NO. The molecule has 2 nitrogen and oxygen atoms in total. The predicted molar refractivity (Wildman–Crippen MR) is 55.9 cm³/mol. The van der Waals surface area contributed by atoms with E-state index in [4.69, 9.17) is 40.5 Å². The fraction of sp³-hybridized carbons (Fsp3) is 0.125. The second-order valence-electron chi connectivity index (χ2n) is 2.41. The van der Waals surface area contributed by atoms with Gasteiger partial charge in [0.25, 0.3) is 0 Å². The van der Waals surface area contributed by atoms with E-state index in [-0.39, 0.29) is 27.4 Å². The minimum absolute atomic E-state index is 0.101. The summed E-state index contributed by atoms with van der Waals surface area (Å²) in [6, 6.07) is 2.90. The highest BCUT2D eigenvalue weighted by atomic mass is 35.5. The van der Waals surface area contributed by atoms with Crippen molar-refractivity contribution < 1.29 is 4.79 Å². The van der Waals surface area contributed by atoms with Crippen LogP contribution in [0.25, 0.3) is 0 Å². The lowest BCUT2D eigenvalue weighted by Gasteiger charge is -2.03. The Balaban J connectivity index is 3.20. The number of alkyl halides is 1. The summed E-state index contributed by atoms with van der Waals surface area (Å²) in [6.45, 7) is 0. The van der Waals surface area contributed by atoms with E-state index < -0.39 is 0 Å². The Morgan fingerprint density at radius 1 is 1.31 bits per heavy atom. The van der Waals surface area contributed by atoms with Gasteiger partial charge in [-0.2, -0.15) is 0 Å². The molecule has 0 saturated carbocycles. The van der Waals surface area contributed by atoms with Gasteiger partial charge in [0, 0.05) is 5.56 Å². The summed E-state index contributed by atoms with van der Waals surface area (Å²) in [5, 5.41) is 0.530. The van der Waals surface area contributed by atoms with Crippen LogP contribution in [-0.4, -0.2) is 11.7 Å². The molecule has 1 rings (SSSR count). The van der Waals surface area contributed by atoms with Crippen molar-refractivity contribution in [3.8, 4) is 0 Å². The van der Waals surface area contributed by atoms with Crippen molar-refractivity contribution in [3.63, 3.8) is 0 Å². The highest BCUT2D eigenvalue weighted by Crippen LogP contribution is 2.28. The van der Waals surface area contributed by atoms with E-state index in [0.717, 1.165) is 0 Å². The zero-order valence-electron chi connectivity index (χ0n) is 6.48. The number of carbonyl (C=O) groups is 1. The zero-order chi connectivity index (χ0) is 10.0. The van der Waals surface area contributed by atoms with E-state index in [1.54, 1.807) is 0 Å². The highest BCUT2D eigenvalue weighted by Gasteiger charge is 2.09. The van der Waals surface area contributed by atoms with Crippen LogP contribution < -0.4 is 5.73 Å². The van der Waals surface area contributed by atoms with Gasteiger partial charge in [-0.15, -0.1) is 11.6 Å². The maximum atomic E-state index is 11.1. The molecule has 0 fully saturated rings. The minimum atomic E-state index is -0.231. The summed E-state index contributed by atoms with van der Waals surface area (Å²) in [5.41, 5.74) is 6.13. The van der Waals surface area contributed by atoms with Gasteiger partial charge in [-0.05, 0) is 12.1 Å². The Kier molecular flexibility index (Phi) is 3.42. The van der Waals surface area contributed by atoms with Crippen LogP contribution >= 0.6 is 34.8 Å². The first-order valence-electron chi connectivity index (χ1n) is 3.40. The number of carbonyl (C=O) groups excluding carboxylic acids is 1. The molecule has 0 aliphatic carbocycles. The van der Waals surface area contributed by atoms with Crippen molar-refractivity contribution in [2.75, 3.05) is 11.6 Å². The number of halogens is 3. The number of nitrogen functional groups attached to an aromatic ring is 1. The molecule has 0 saturated heterocycles. The van der Waals surface area contributed by atoms with E-state index in [9.17, 15) is 4.79 Å². The van der Waals surface area contributed by atoms with Crippen LogP contribution in [0.4, 0.5) is 5.69 Å². The van der Waals surface area contributed by atoms with Crippen LogP contribution in [0.3, 0.4) is 0 Å². The van der Waals surface area contributed by atoms with Crippen molar-refractivity contribution in [1.82, 2.24) is 0 Å². The Morgan fingerprint density at radius 3 is 2.15 bits per heavy atom. The molecule has 0 bridgehead atoms. The summed E-state index contributed by atoms with van der Waals surface area (Å²) in [4.78, 5) is 11.1. The lowest BCUT2D eigenvalue weighted by molar-refractivity contribution is 0.102. The quantitative estimate of drug-likeness (QED) is 0.489. The summed E-state index contributed by atoms with van der Waals surface area (Å²) < 4.78 is 0. The van der Waals surface area contributed by atoms with Gasteiger partial charge in [-0.3, -0.25) is 4.79 Å². The van der Waals surface area contributed by atoms with Crippen LogP contribution in [0.1, 0.15) is 10.4 Å². The van der Waals surface area contributed by atoms with Gasteiger partial charge < -0.3 is 5.73 Å².